The maximum atomic E-state index is 11.8. The van der Waals surface area contributed by atoms with Gasteiger partial charge < -0.3 is 14.8 Å². The zero-order valence-corrected chi connectivity index (χ0v) is 14.6. The average molecular weight is 390 g/mol. The topological polar surface area (TPSA) is 72.0 Å². The SMILES string of the molecule is Cc1cccc(NCC(=O)N/N=C/c2cc3c(cc2Br)OCO3)c1. The van der Waals surface area contributed by atoms with Crippen molar-refractivity contribution < 1.29 is 14.3 Å². The van der Waals surface area contributed by atoms with E-state index in [4.69, 9.17) is 9.47 Å². The number of benzene rings is 2. The second kappa shape index (κ2) is 7.35. The van der Waals surface area contributed by atoms with Gasteiger partial charge in [0.15, 0.2) is 11.5 Å². The smallest absolute Gasteiger partial charge is 0.259 e. The van der Waals surface area contributed by atoms with Gasteiger partial charge in [-0.2, -0.15) is 5.10 Å². The Labute approximate surface area is 148 Å². The highest BCUT2D eigenvalue weighted by Gasteiger charge is 2.15. The summed E-state index contributed by atoms with van der Waals surface area (Å²) in [5, 5.41) is 7.01. The molecule has 2 N–H and O–H groups in total. The van der Waals surface area contributed by atoms with Crippen molar-refractivity contribution in [3.8, 4) is 11.5 Å². The summed E-state index contributed by atoms with van der Waals surface area (Å²) in [6.07, 6.45) is 1.55. The molecule has 0 saturated carbocycles. The van der Waals surface area contributed by atoms with Crippen LogP contribution >= 0.6 is 15.9 Å². The van der Waals surface area contributed by atoms with Crippen LogP contribution < -0.4 is 20.2 Å². The summed E-state index contributed by atoms with van der Waals surface area (Å²) in [5.41, 5.74) is 5.30. The molecule has 2 aromatic rings. The summed E-state index contributed by atoms with van der Waals surface area (Å²) in [5.74, 6) is 1.11. The van der Waals surface area contributed by atoms with E-state index < -0.39 is 0 Å². The monoisotopic (exact) mass is 389 g/mol. The molecule has 6 nitrogen and oxygen atoms in total. The number of rotatable bonds is 5. The molecule has 7 heteroatoms. The molecule has 0 bridgehead atoms. The van der Waals surface area contributed by atoms with Crippen LogP contribution in [0, 0.1) is 6.92 Å². The lowest BCUT2D eigenvalue weighted by Gasteiger charge is -2.06. The van der Waals surface area contributed by atoms with Crippen LogP contribution in [0.5, 0.6) is 11.5 Å². The highest BCUT2D eigenvalue weighted by Crippen LogP contribution is 2.36. The van der Waals surface area contributed by atoms with Crippen molar-refractivity contribution in [2.45, 2.75) is 6.92 Å². The van der Waals surface area contributed by atoms with E-state index in [1.165, 1.54) is 0 Å². The van der Waals surface area contributed by atoms with Gasteiger partial charge in [0.2, 0.25) is 6.79 Å². The van der Waals surface area contributed by atoms with Crippen molar-refractivity contribution in [2.75, 3.05) is 18.7 Å². The lowest BCUT2D eigenvalue weighted by Crippen LogP contribution is -2.25. The van der Waals surface area contributed by atoms with Gasteiger partial charge in [-0.25, -0.2) is 5.43 Å². The fraction of sp³-hybridized carbons (Fsp3) is 0.176. The van der Waals surface area contributed by atoms with Crippen LogP contribution in [0.2, 0.25) is 0 Å². The van der Waals surface area contributed by atoms with Gasteiger partial charge in [0.25, 0.3) is 5.91 Å². The molecule has 3 rings (SSSR count). The van der Waals surface area contributed by atoms with Crippen LogP contribution in [-0.4, -0.2) is 25.5 Å². The van der Waals surface area contributed by atoms with Gasteiger partial charge >= 0.3 is 0 Å². The zero-order chi connectivity index (χ0) is 16.9. The molecule has 24 heavy (non-hydrogen) atoms. The highest BCUT2D eigenvalue weighted by molar-refractivity contribution is 9.10. The molecule has 0 aliphatic carbocycles. The number of nitrogens with one attached hydrogen (secondary N) is 2. The van der Waals surface area contributed by atoms with Crippen molar-refractivity contribution >= 4 is 33.7 Å². The Morgan fingerprint density at radius 1 is 1.29 bits per heavy atom. The lowest BCUT2D eigenvalue weighted by molar-refractivity contribution is -0.119. The van der Waals surface area contributed by atoms with Gasteiger partial charge in [0.05, 0.1) is 12.8 Å². The Morgan fingerprint density at radius 2 is 2.08 bits per heavy atom. The third-order valence-corrected chi connectivity index (χ3v) is 4.04. The maximum absolute atomic E-state index is 11.8. The molecular weight excluding hydrogens is 374 g/mol. The Hall–Kier alpha value is -2.54. The Bertz CT molecular complexity index is 793. The molecular formula is C17H16BrN3O3. The van der Waals surface area contributed by atoms with E-state index in [1.54, 1.807) is 12.3 Å². The number of amides is 1. The second-order valence-corrected chi connectivity index (χ2v) is 6.10. The predicted octanol–water partition coefficient (Wildman–Crippen LogP) is 3.05. The van der Waals surface area contributed by atoms with Crippen LogP contribution in [0.4, 0.5) is 5.69 Å². The standard InChI is InChI=1S/C17H16BrN3O3/c1-11-3-2-4-13(5-11)19-9-17(22)21-20-8-12-6-15-16(7-14(12)18)24-10-23-15/h2-8,19H,9-10H2,1H3,(H,21,22)/b20-8+. The number of anilines is 1. The van der Waals surface area contributed by atoms with E-state index in [0.717, 1.165) is 21.3 Å². The number of halogens is 1. The maximum Gasteiger partial charge on any atom is 0.259 e. The number of fused-ring (bicyclic) bond motifs is 1. The molecule has 124 valence electrons. The molecule has 0 radical (unpaired) electrons. The lowest BCUT2D eigenvalue weighted by atomic mass is 10.2. The number of hydrogen-bond donors (Lipinski definition) is 2. The number of ether oxygens (including phenoxy) is 2. The summed E-state index contributed by atoms with van der Waals surface area (Å²) in [7, 11) is 0. The fourth-order valence-corrected chi connectivity index (χ4v) is 2.61. The molecule has 2 aromatic carbocycles. The predicted molar refractivity (Wildman–Crippen MR) is 95.7 cm³/mol. The van der Waals surface area contributed by atoms with Crippen LogP contribution in [0.25, 0.3) is 0 Å². The van der Waals surface area contributed by atoms with Crippen molar-refractivity contribution in [3.05, 3.63) is 52.0 Å². The van der Waals surface area contributed by atoms with Gasteiger partial charge in [-0.05, 0) is 52.7 Å². The first-order chi connectivity index (χ1) is 11.6. The van der Waals surface area contributed by atoms with Crippen LogP contribution in [0.1, 0.15) is 11.1 Å². The molecule has 0 fully saturated rings. The van der Waals surface area contributed by atoms with Crippen molar-refractivity contribution in [3.63, 3.8) is 0 Å². The minimum Gasteiger partial charge on any atom is -0.454 e. The third-order valence-electron chi connectivity index (χ3n) is 3.36. The molecule has 1 aliphatic rings. The Balaban J connectivity index is 1.53. The molecule has 1 amide bonds. The third kappa shape index (κ3) is 4.05. The highest BCUT2D eigenvalue weighted by atomic mass is 79.9. The normalized spacial score (nSPS) is 12.4. The first-order valence-corrected chi connectivity index (χ1v) is 8.13. The molecule has 1 aliphatic heterocycles. The van der Waals surface area contributed by atoms with Crippen LogP contribution in [-0.2, 0) is 4.79 Å². The number of hydrazone groups is 1. The van der Waals surface area contributed by atoms with Crippen molar-refractivity contribution in [1.82, 2.24) is 5.43 Å². The molecule has 1 heterocycles. The Kier molecular flexibility index (Phi) is 5.00. The first-order valence-electron chi connectivity index (χ1n) is 7.33. The number of nitrogens with zero attached hydrogens (tertiary/aromatic N) is 1. The fourth-order valence-electron chi connectivity index (χ4n) is 2.18. The van der Waals surface area contributed by atoms with E-state index in [0.29, 0.717) is 11.5 Å². The number of carbonyl (C=O) groups is 1. The molecule has 0 saturated heterocycles. The molecule has 0 spiro atoms. The van der Waals surface area contributed by atoms with Gasteiger partial charge in [-0.3, -0.25) is 4.79 Å². The van der Waals surface area contributed by atoms with Gasteiger partial charge in [-0.1, -0.05) is 12.1 Å². The summed E-state index contributed by atoms with van der Waals surface area (Å²) >= 11 is 3.43. The number of hydrogen-bond acceptors (Lipinski definition) is 5. The Morgan fingerprint density at radius 3 is 2.88 bits per heavy atom. The van der Waals surface area contributed by atoms with E-state index >= 15 is 0 Å². The molecule has 0 unspecified atom stereocenters. The largest absolute Gasteiger partial charge is 0.454 e. The van der Waals surface area contributed by atoms with E-state index in [1.807, 2.05) is 37.3 Å². The molecule has 0 aromatic heterocycles. The van der Waals surface area contributed by atoms with Crippen LogP contribution in [0.3, 0.4) is 0 Å². The second-order valence-electron chi connectivity index (χ2n) is 5.24. The van der Waals surface area contributed by atoms with E-state index in [-0.39, 0.29) is 19.2 Å². The first kappa shape index (κ1) is 16.3. The summed E-state index contributed by atoms with van der Waals surface area (Å²) in [6.45, 7) is 2.35. The summed E-state index contributed by atoms with van der Waals surface area (Å²) in [6, 6.07) is 11.4. The minimum atomic E-state index is -0.232. The van der Waals surface area contributed by atoms with Gasteiger partial charge in [-0.15, -0.1) is 0 Å². The number of carbonyl (C=O) groups excluding carboxylic acids is 1. The van der Waals surface area contributed by atoms with Crippen molar-refractivity contribution in [2.24, 2.45) is 5.10 Å². The van der Waals surface area contributed by atoms with E-state index in [2.05, 4.69) is 31.8 Å². The van der Waals surface area contributed by atoms with Crippen molar-refractivity contribution in [1.29, 1.82) is 0 Å². The summed E-state index contributed by atoms with van der Waals surface area (Å²) < 4.78 is 11.4. The molecule has 0 atom stereocenters. The zero-order valence-electron chi connectivity index (χ0n) is 13.0. The van der Waals surface area contributed by atoms with Crippen LogP contribution in [0.15, 0.2) is 46.0 Å². The van der Waals surface area contributed by atoms with Gasteiger partial charge in [0, 0.05) is 15.7 Å². The number of aryl methyl sites for hydroxylation is 1. The average Bonchev–Trinajstić information content (AvgIpc) is 3.00. The quantitative estimate of drug-likeness (QED) is 0.608. The van der Waals surface area contributed by atoms with Gasteiger partial charge in [0.1, 0.15) is 0 Å². The minimum absolute atomic E-state index is 0.142. The van der Waals surface area contributed by atoms with E-state index in [9.17, 15) is 4.79 Å². The summed E-state index contributed by atoms with van der Waals surface area (Å²) in [4.78, 5) is 11.8.